The summed E-state index contributed by atoms with van der Waals surface area (Å²) in [7, 11) is 0. The van der Waals surface area contributed by atoms with Crippen LogP contribution >= 0.6 is 23.1 Å². The lowest BCUT2D eigenvalue weighted by molar-refractivity contribution is 0.249. The Balaban J connectivity index is 1.52. The van der Waals surface area contributed by atoms with Gasteiger partial charge >= 0.3 is 0 Å². The molecule has 0 atom stereocenters. The molecule has 2 aromatic heterocycles. The Bertz CT molecular complexity index is 1300. The highest BCUT2D eigenvalue weighted by atomic mass is 32.2. The molecule has 5 rings (SSSR count). The molecule has 0 saturated heterocycles. The molecular formula is C26H25N3OS2. The Hall–Kier alpha value is -2.67. The van der Waals surface area contributed by atoms with Gasteiger partial charge in [0.05, 0.1) is 11.9 Å². The number of nitrogens with zero attached hydrogens (tertiary/aromatic N) is 3. The number of thiophene rings is 1. The lowest BCUT2D eigenvalue weighted by Crippen LogP contribution is -2.30. The molecule has 0 aliphatic carbocycles. The Labute approximate surface area is 196 Å². The van der Waals surface area contributed by atoms with Crippen molar-refractivity contribution in [3.8, 4) is 0 Å². The highest BCUT2D eigenvalue weighted by molar-refractivity contribution is 7.99. The summed E-state index contributed by atoms with van der Waals surface area (Å²) in [5.41, 5.74) is 3.71. The van der Waals surface area contributed by atoms with E-state index in [9.17, 15) is 4.79 Å². The Morgan fingerprint density at radius 3 is 2.41 bits per heavy atom. The van der Waals surface area contributed by atoms with Crippen LogP contribution in [-0.4, -0.2) is 26.7 Å². The van der Waals surface area contributed by atoms with Crippen LogP contribution in [0, 0.1) is 0 Å². The van der Waals surface area contributed by atoms with Crippen LogP contribution in [0.5, 0.6) is 0 Å². The molecule has 0 spiro atoms. The summed E-state index contributed by atoms with van der Waals surface area (Å²) in [5.74, 6) is 0.725. The number of hydrogen-bond donors (Lipinski definition) is 0. The molecule has 1 aliphatic heterocycles. The molecule has 0 N–H and O–H groups in total. The molecule has 0 amide bonds. The monoisotopic (exact) mass is 459 g/mol. The molecule has 0 unspecified atom stereocenters. The second-order valence-electron chi connectivity index (χ2n) is 8.00. The van der Waals surface area contributed by atoms with Gasteiger partial charge in [0, 0.05) is 30.3 Å². The fourth-order valence-corrected chi connectivity index (χ4v) is 6.27. The minimum atomic E-state index is 0.0828. The average molecular weight is 460 g/mol. The van der Waals surface area contributed by atoms with E-state index in [0.717, 1.165) is 52.7 Å². The van der Waals surface area contributed by atoms with Gasteiger partial charge in [0.15, 0.2) is 5.16 Å². The summed E-state index contributed by atoms with van der Waals surface area (Å²) in [6.45, 7) is 7.13. The van der Waals surface area contributed by atoms with Crippen LogP contribution in [0.25, 0.3) is 10.2 Å². The number of thioether (sulfide) groups is 1. The maximum absolute atomic E-state index is 13.7. The van der Waals surface area contributed by atoms with Crippen molar-refractivity contribution >= 4 is 33.3 Å². The fraction of sp³-hybridized carbons (Fsp3) is 0.231. The molecule has 2 aromatic carbocycles. The molecule has 6 heteroatoms. The number of fused-ring (bicyclic) bond motifs is 3. The van der Waals surface area contributed by atoms with Crippen molar-refractivity contribution in [3.63, 3.8) is 0 Å². The Kier molecular flexibility index (Phi) is 6.26. The molecule has 0 saturated carbocycles. The van der Waals surface area contributed by atoms with Crippen LogP contribution in [0.2, 0.25) is 0 Å². The van der Waals surface area contributed by atoms with Gasteiger partial charge in [-0.3, -0.25) is 14.3 Å². The van der Waals surface area contributed by atoms with E-state index < -0.39 is 0 Å². The first-order chi connectivity index (χ1) is 15.7. The van der Waals surface area contributed by atoms with Gasteiger partial charge in [-0.1, -0.05) is 78.5 Å². The van der Waals surface area contributed by atoms with Crippen molar-refractivity contribution in [2.45, 2.75) is 31.2 Å². The molecular weight excluding hydrogens is 434 g/mol. The predicted octanol–water partition coefficient (Wildman–Crippen LogP) is 5.34. The zero-order valence-corrected chi connectivity index (χ0v) is 19.5. The first-order valence-electron chi connectivity index (χ1n) is 10.8. The molecule has 3 heterocycles. The third-order valence-corrected chi connectivity index (χ3v) is 7.85. The second-order valence-corrected chi connectivity index (χ2v) is 10.1. The van der Waals surface area contributed by atoms with E-state index in [4.69, 9.17) is 4.98 Å². The van der Waals surface area contributed by atoms with Gasteiger partial charge in [-0.15, -0.1) is 17.9 Å². The van der Waals surface area contributed by atoms with Gasteiger partial charge in [0.2, 0.25) is 0 Å². The smallest absolute Gasteiger partial charge is 0.263 e. The van der Waals surface area contributed by atoms with Gasteiger partial charge in [0.25, 0.3) is 5.56 Å². The maximum atomic E-state index is 13.7. The number of aromatic nitrogens is 2. The molecule has 32 heavy (non-hydrogen) atoms. The highest BCUT2D eigenvalue weighted by Gasteiger charge is 2.25. The van der Waals surface area contributed by atoms with Gasteiger partial charge in [-0.25, -0.2) is 4.98 Å². The first-order valence-corrected chi connectivity index (χ1v) is 12.6. The molecule has 0 radical (unpaired) electrons. The quantitative estimate of drug-likeness (QED) is 0.212. The summed E-state index contributed by atoms with van der Waals surface area (Å²) in [6.07, 6.45) is 2.75. The molecule has 4 nitrogen and oxygen atoms in total. The van der Waals surface area contributed by atoms with E-state index in [2.05, 4.69) is 53.9 Å². The lowest BCUT2D eigenvalue weighted by atomic mass is 10.0. The van der Waals surface area contributed by atoms with Crippen molar-refractivity contribution in [3.05, 3.63) is 105 Å². The molecule has 4 aromatic rings. The van der Waals surface area contributed by atoms with Crippen molar-refractivity contribution in [1.29, 1.82) is 0 Å². The number of benzene rings is 2. The van der Waals surface area contributed by atoms with Gasteiger partial charge in [-0.05, 0) is 23.1 Å². The van der Waals surface area contributed by atoms with Crippen LogP contribution in [0.3, 0.4) is 0 Å². The zero-order valence-electron chi connectivity index (χ0n) is 17.9. The van der Waals surface area contributed by atoms with Gasteiger partial charge in [-0.2, -0.15) is 0 Å². The van der Waals surface area contributed by atoms with E-state index in [1.54, 1.807) is 23.1 Å². The zero-order chi connectivity index (χ0) is 21.9. The van der Waals surface area contributed by atoms with E-state index >= 15 is 0 Å². The highest BCUT2D eigenvalue weighted by Crippen LogP contribution is 2.34. The van der Waals surface area contributed by atoms with Crippen LogP contribution in [0.15, 0.2) is 83.3 Å². The minimum Gasteiger partial charge on any atom is -0.294 e. The SMILES string of the molecule is C=CCSc1nc2sc3c(c2c(=O)n1Cc1ccccc1)CCN(Cc1ccccc1)C3. The van der Waals surface area contributed by atoms with E-state index in [-0.39, 0.29) is 5.56 Å². The van der Waals surface area contributed by atoms with E-state index in [1.165, 1.54) is 16.0 Å². The summed E-state index contributed by atoms with van der Waals surface area (Å²) in [5, 5.41) is 1.59. The predicted molar refractivity (Wildman–Crippen MR) is 135 cm³/mol. The summed E-state index contributed by atoms with van der Waals surface area (Å²) in [6, 6.07) is 20.7. The Morgan fingerprint density at radius 1 is 1.03 bits per heavy atom. The summed E-state index contributed by atoms with van der Waals surface area (Å²) < 4.78 is 1.84. The number of hydrogen-bond acceptors (Lipinski definition) is 5. The maximum Gasteiger partial charge on any atom is 0.263 e. The standard InChI is InChI=1S/C26H25N3OS2/c1-2-15-31-26-27-24-23(25(30)29(26)17-20-11-7-4-8-12-20)21-13-14-28(18-22(21)32-24)16-19-9-5-3-6-10-19/h2-12H,1,13-18H2. The summed E-state index contributed by atoms with van der Waals surface area (Å²) >= 11 is 3.26. The Morgan fingerprint density at radius 2 is 1.72 bits per heavy atom. The normalized spacial score (nSPS) is 13.9. The van der Waals surface area contributed by atoms with Crippen molar-refractivity contribution in [1.82, 2.24) is 14.5 Å². The summed E-state index contributed by atoms with van der Waals surface area (Å²) in [4.78, 5) is 23.3. The molecule has 0 bridgehead atoms. The van der Waals surface area contributed by atoms with Crippen LogP contribution in [-0.2, 0) is 26.1 Å². The third-order valence-electron chi connectivity index (χ3n) is 5.77. The third kappa shape index (κ3) is 4.31. The van der Waals surface area contributed by atoms with Crippen LogP contribution in [0.4, 0.5) is 0 Å². The lowest BCUT2D eigenvalue weighted by Gasteiger charge is -2.26. The van der Waals surface area contributed by atoms with Gasteiger partial charge in [0.1, 0.15) is 4.83 Å². The average Bonchev–Trinajstić information content (AvgIpc) is 3.19. The van der Waals surface area contributed by atoms with Crippen LogP contribution in [0.1, 0.15) is 21.6 Å². The fourth-order valence-electron chi connectivity index (χ4n) is 4.24. The first kappa shape index (κ1) is 21.2. The molecule has 0 fully saturated rings. The minimum absolute atomic E-state index is 0.0828. The number of rotatable bonds is 7. The topological polar surface area (TPSA) is 38.1 Å². The largest absolute Gasteiger partial charge is 0.294 e. The second kappa shape index (κ2) is 9.45. The van der Waals surface area contributed by atoms with Crippen molar-refractivity contribution in [2.75, 3.05) is 12.3 Å². The molecule has 162 valence electrons. The van der Waals surface area contributed by atoms with E-state index in [1.807, 2.05) is 28.8 Å². The van der Waals surface area contributed by atoms with Crippen LogP contribution < -0.4 is 5.56 Å². The van der Waals surface area contributed by atoms with Crippen molar-refractivity contribution in [2.24, 2.45) is 0 Å². The van der Waals surface area contributed by atoms with Crippen molar-refractivity contribution < 1.29 is 0 Å². The molecule has 1 aliphatic rings. The van der Waals surface area contributed by atoms with Gasteiger partial charge < -0.3 is 0 Å². The van der Waals surface area contributed by atoms with E-state index in [0.29, 0.717) is 6.54 Å².